The summed E-state index contributed by atoms with van der Waals surface area (Å²) >= 11 is 0. The molecule has 0 saturated heterocycles. The molecule has 1 amide bonds. The summed E-state index contributed by atoms with van der Waals surface area (Å²) in [6.07, 6.45) is 0. The normalized spacial score (nSPS) is 10.8. The maximum Gasteiger partial charge on any atom is 0.255 e. The number of anilines is 1. The second-order valence-corrected chi connectivity index (χ2v) is 6.46. The third-order valence-corrected chi connectivity index (χ3v) is 4.68. The number of hydrogen-bond donors (Lipinski definition) is 3. The monoisotopic (exact) mass is 397 g/mol. The molecule has 2 aromatic carbocycles. The summed E-state index contributed by atoms with van der Waals surface area (Å²) in [5, 5.41) is 7.31. The molecule has 0 aliphatic rings. The van der Waals surface area contributed by atoms with Crippen LogP contribution in [0.5, 0.6) is 5.75 Å². The first-order valence-corrected chi connectivity index (χ1v) is 9.24. The van der Waals surface area contributed by atoms with Crippen LogP contribution in [0.3, 0.4) is 0 Å². The van der Waals surface area contributed by atoms with Gasteiger partial charge in [0.15, 0.2) is 0 Å². The molecule has 0 bridgehead atoms. The number of amides is 1. The van der Waals surface area contributed by atoms with Crippen molar-refractivity contribution in [3.8, 4) is 17.0 Å². The summed E-state index contributed by atoms with van der Waals surface area (Å²) in [5.41, 5.74) is 15.4. The Bertz CT molecular complexity index is 1010. The van der Waals surface area contributed by atoms with E-state index in [1.807, 2.05) is 31.2 Å². The summed E-state index contributed by atoms with van der Waals surface area (Å²) in [6.45, 7) is 3.21. The maximum atomic E-state index is 13.5. The SMILES string of the molecule is CCn1nc(-c2ccc(CNC(=O)c3cc(F)ccc3OC)cc2)c(CN)c1N. The Hall–Kier alpha value is -3.39. The van der Waals surface area contributed by atoms with Crippen LogP contribution in [-0.4, -0.2) is 22.8 Å². The van der Waals surface area contributed by atoms with Crippen molar-refractivity contribution in [2.24, 2.45) is 5.73 Å². The lowest BCUT2D eigenvalue weighted by Gasteiger charge is -2.10. The fourth-order valence-corrected chi connectivity index (χ4v) is 3.10. The lowest BCUT2D eigenvalue weighted by molar-refractivity contribution is 0.0947. The lowest BCUT2D eigenvalue weighted by Crippen LogP contribution is -2.23. The highest BCUT2D eigenvalue weighted by molar-refractivity contribution is 5.96. The van der Waals surface area contributed by atoms with E-state index in [1.54, 1.807) is 4.68 Å². The van der Waals surface area contributed by atoms with Crippen molar-refractivity contribution >= 4 is 11.7 Å². The standard InChI is InChI=1S/C21H24FN5O2/c1-3-27-20(24)17(11-23)19(26-27)14-6-4-13(5-7-14)12-25-21(28)16-10-15(22)8-9-18(16)29-2/h4-10H,3,11-12,23-24H2,1-2H3,(H,25,28). The Balaban J connectivity index is 1.74. The Morgan fingerprint density at radius 3 is 2.59 bits per heavy atom. The van der Waals surface area contributed by atoms with Gasteiger partial charge in [0.2, 0.25) is 0 Å². The molecule has 3 aromatic rings. The molecule has 0 unspecified atom stereocenters. The van der Waals surface area contributed by atoms with Crippen LogP contribution in [0.2, 0.25) is 0 Å². The molecule has 1 heterocycles. The summed E-state index contributed by atoms with van der Waals surface area (Å²) in [5.74, 6) is -0.0184. The number of nitrogen functional groups attached to an aromatic ring is 1. The van der Waals surface area contributed by atoms with Crippen LogP contribution in [0.25, 0.3) is 11.3 Å². The summed E-state index contributed by atoms with van der Waals surface area (Å²) in [7, 11) is 1.44. The zero-order valence-electron chi connectivity index (χ0n) is 16.4. The van der Waals surface area contributed by atoms with Crippen LogP contribution >= 0.6 is 0 Å². The molecule has 0 fully saturated rings. The second kappa shape index (κ2) is 8.74. The maximum absolute atomic E-state index is 13.5. The van der Waals surface area contributed by atoms with Gasteiger partial charge in [-0.3, -0.25) is 4.79 Å². The van der Waals surface area contributed by atoms with E-state index in [0.29, 0.717) is 24.7 Å². The number of nitrogens with one attached hydrogen (secondary N) is 1. The Labute approximate surface area is 168 Å². The first-order chi connectivity index (χ1) is 14.0. The summed E-state index contributed by atoms with van der Waals surface area (Å²) in [4.78, 5) is 12.4. The van der Waals surface area contributed by atoms with Gasteiger partial charge in [-0.05, 0) is 30.7 Å². The number of rotatable bonds is 7. The molecule has 0 aliphatic heterocycles. The highest BCUT2D eigenvalue weighted by Crippen LogP contribution is 2.27. The summed E-state index contributed by atoms with van der Waals surface area (Å²) < 4.78 is 20.3. The minimum Gasteiger partial charge on any atom is -0.496 e. The molecule has 1 aromatic heterocycles. The quantitative estimate of drug-likeness (QED) is 0.568. The van der Waals surface area contributed by atoms with Gasteiger partial charge in [-0.15, -0.1) is 0 Å². The number of aromatic nitrogens is 2. The second-order valence-electron chi connectivity index (χ2n) is 6.46. The molecule has 0 saturated carbocycles. The zero-order valence-corrected chi connectivity index (χ0v) is 16.4. The van der Waals surface area contributed by atoms with Gasteiger partial charge in [-0.25, -0.2) is 9.07 Å². The van der Waals surface area contributed by atoms with E-state index in [4.69, 9.17) is 16.2 Å². The van der Waals surface area contributed by atoms with Crippen LogP contribution in [0.15, 0.2) is 42.5 Å². The largest absolute Gasteiger partial charge is 0.496 e. The van der Waals surface area contributed by atoms with E-state index in [-0.39, 0.29) is 12.1 Å². The number of nitrogens with zero attached hydrogens (tertiary/aromatic N) is 2. The van der Waals surface area contributed by atoms with Gasteiger partial charge in [0.1, 0.15) is 17.4 Å². The van der Waals surface area contributed by atoms with Crippen LogP contribution < -0.4 is 21.5 Å². The topological polar surface area (TPSA) is 108 Å². The van der Waals surface area contributed by atoms with E-state index in [1.165, 1.54) is 19.2 Å². The first-order valence-electron chi connectivity index (χ1n) is 9.24. The molecule has 0 atom stereocenters. The molecular formula is C21H24FN5O2. The minimum absolute atomic E-state index is 0.150. The number of benzene rings is 2. The smallest absolute Gasteiger partial charge is 0.255 e. The number of aryl methyl sites for hydroxylation is 1. The predicted molar refractivity (Wildman–Crippen MR) is 110 cm³/mol. The lowest BCUT2D eigenvalue weighted by atomic mass is 10.1. The third-order valence-electron chi connectivity index (χ3n) is 4.68. The first kappa shape index (κ1) is 20.3. The molecule has 0 spiro atoms. The molecule has 152 valence electrons. The molecule has 0 aliphatic carbocycles. The van der Waals surface area contributed by atoms with E-state index < -0.39 is 11.7 Å². The fraction of sp³-hybridized carbons (Fsp3) is 0.238. The average Bonchev–Trinajstić information content (AvgIpc) is 3.07. The number of ether oxygens (including phenoxy) is 1. The van der Waals surface area contributed by atoms with Crippen molar-refractivity contribution < 1.29 is 13.9 Å². The van der Waals surface area contributed by atoms with Crippen molar-refractivity contribution in [3.63, 3.8) is 0 Å². The van der Waals surface area contributed by atoms with Crippen molar-refractivity contribution in [1.29, 1.82) is 0 Å². The molecule has 3 rings (SSSR count). The fourth-order valence-electron chi connectivity index (χ4n) is 3.10. The van der Waals surface area contributed by atoms with Gasteiger partial charge in [0.05, 0.1) is 18.4 Å². The molecular weight excluding hydrogens is 373 g/mol. The van der Waals surface area contributed by atoms with Gasteiger partial charge in [0.25, 0.3) is 5.91 Å². The number of nitrogens with two attached hydrogens (primary N) is 2. The Kier molecular flexibility index (Phi) is 6.13. The number of methoxy groups -OCH3 is 1. The third kappa shape index (κ3) is 4.22. The van der Waals surface area contributed by atoms with Crippen LogP contribution in [0, 0.1) is 5.82 Å². The highest BCUT2D eigenvalue weighted by Gasteiger charge is 2.16. The minimum atomic E-state index is -0.498. The van der Waals surface area contributed by atoms with Gasteiger partial charge >= 0.3 is 0 Å². The van der Waals surface area contributed by atoms with Gasteiger partial charge in [-0.2, -0.15) is 5.10 Å². The molecule has 0 radical (unpaired) electrons. The van der Waals surface area contributed by atoms with Gasteiger partial charge in [0, 0.05) is 30.8 Å². The number of carbonyl (C=O) groups excluding carboxylic acids is 1. The van der Waals surface area contributed by atoms with Crippen LogP contribution in [0.1, 0.15) is 28.4 Å². The van der Waals surface area contributed by atoms with Crippen molar-refractivity contribution in [2.45, 2.75) is 26.6 Å². The number of hydrogen-bond acceptors (Lipinski definition) is 5. The molecule has 29 heavy (non-hydrogen) atoms. The predicted octanol–water partition coefficient (Wildman–Crippen LogP) is 2.69. The van der Waals surface area contributed by atoms with Crippen molar-refractivity contribution in [2.75, 3.05) is 12.8 Å². The average molecular weight is 397 g/mol. The van der Waals surface area contributed by atoms with E-state index in [0.717, 1.165) is 28.5 Å². The molecule has 8 heteroatoms. The summed E-state index contributed by atoms with van der Waals surface area (Å²) in [6, 6.07) is 11.4. The van der Waals surface area contributed by atoms with Crippen molar-refractivity contribution in [3.05, 3.63) is 65.0 Å². The van der Waals surface area contributed by atoms with Crippen molar-refractivity contribution in [1.82, 2.24) is 15.1 Å². The van der Waals surface area contributed by atoms with Crippen LogP contribution in [0.4, 0.5) is 10.2 Å². The number of halogens is 1. The molecule has 5 N–H and O–H groups in total. The van der Waals surface area contributed by atoms with Gasteiger partial charge in [-0.1, -0.05) is 24.3 Å². The Morgan fingerprint density at radius 1 is 1.24 bits per heavy atom. The van der Waals surface area contributed by atoms with Crippen LogP contribution in [-0.2, 0) is 19.6 Å². The zero-order chi connectivity index (χ0) is 21.0. The van der Waals surface area contributed by atoms with E-state index in [9.17, 15) is 9.18 Å². The molecule has 7 nitrogen and oxygen atoms in total. The van der Waals surface area contributed by atoms with E-state index >= 15 is 0 Å². The number of carbonyl (C=O) groups is 1. The highest BCUT2D eigenvalue weighted by atomic mass is 19.1. The Morgan fingerprint density at radius 2 is 1.97 bits per heavy atom. The van der Waals surface area contributed by atoms with Gasteiger partial charge < -0.3 is 21.5 Å². The van der Waals surface area contributed by atoms with E-state index in [2.05, 4.69) is 10.4 Å².